The fraction of sp³-hybridized carbons (Fsp3) is 0.500. The Balaban J connectivity index is 1.38. The van der Waals surface area contributed by atoms with Gasteiger partial charge in [0.1, 0.15) is 0 Å². The number of benzene rings is 2. The van der Waals surface area contributed by atoms with Crippen molar-refractivity contribution in [2.75, 3.05) is 7.11 Å². The Kier molecular flexibility index (Phi) is 9.02. The first-order chi connectivity index (χ1) is 14.3. The molecule has 0 N–H and O–H groups in total. The van der Waals surface area contributed by atoms with Crippen LogP contribution in [0.25, 0.3) is 0 Å². The van der Waals surface area contributed by atoms with E-state index in [0.717, 1.165) is 24.7 Å². The van der Waals surface area contributed by atoms with Gasteiger partial charge in [0.2, 0.25) is 0 Å². The van der Waals surface area contributed by atoms with Gasteiger partial charge in [0, 0.05) is 7.11 Å². The van der Waals surface area contributed by atoms with Crippen LogP contribution in [0.1, 0.15) is 67.7 Å². The Morgan fingerprint density at radius 3 is 1.79 bits per heavy atom. The SMILES string of the molecule is CC/C=C/[C@H]1CC[C@H](CCc2ccc(CCc3ccc(COC)cc3)cc2)CC1. The highest BCUT2D eigenvalue weighted by atomic mass is 16.5. The maximum atomic E-state index is 5.18. The number of allylic oxidation sites excluding steroid dienone is 2. The van der Waals surface area contributed by atoms with Gasteiger partial charge in [-0.05, 0) is 91.9 Å². The first-order valence-electron chi connectivity index (χ1n) is 11.6. The normalized spacial score (nSPS) is 19.7. The molecule has 0 saturated heterocycles. The van der Waals surface area contributed by atoms with Gasteiger partial charge in [-0.1, -0.05) is 67.6 Å². The maximum Gasteiger partial charge on any atom is 0.0713 e. The van der Waals surface area contributed by atoms with Crippen molar-refractivity contribution in [2.45, 2.75) is 71.3 Å². The van der Waals surface area contributed by atoms with Gasteiger partial charge < -0.3 is 4.74 Å². The van der Waals surface area contributed by atoms with E-state index in [1.165, 1.54) is 67.2 Å². The molecule has 0 bridgehead atoms. The van der Waals surface area contributed by atoms with Gasteiger partial charge in [0.25, 0.3) is 0 Å². The van der Waals surface area contributed by atoms with E-state index in [1.54, 1.807) is 7.11 Å². The fourth-order valence-electron chi connectivity index (χ4n) is 4.50. The Labute approximate surface area is 178 Å². The molecule has 29 heavy (non-hydrogen) atoms. The molecule has 0 heterocycles. The molecule has 0 unspecified atom stereocenters. The molecule has 1 aliphatic carbocycles. The molecule has 1 nitrogen and oxygen atoms in total. The van der Waals surface area contributed by atoms with Crippen LogP contribution < -0.4 is 0 Å². The predicted molar refractivity (Wildman–Crippen MR) is 124 cm³/mol. The molecule has 1 aliphatic rings. The summed E-state index contributed by atoms with van der Waals surface area (Å²) in [5.41, 5.74) is 5.59. The first-order valence-corrected chi connectivity index (χ1v) is 11.6. The number of hydrogen-bond acceptors (Lipinski definition) is 1. The van der Waals surface area contributed by atoms with E-state index in [2.05, 4.69) is 67.6 Å². The molecule has 0 radical (unpaired) electrons. The van der Waals surface area contributed by atoms with Crippen LogP contribution in [-0.2, 0) is 30.6 Å². The molecule has 0 amide bonds. The topological polar surface area (TPSA) is 9.23 Å². The largest absolute Gasteiger partial charge is 0.380 e. The minimum Gasteiger partial charge on any atom is -0.380 e. The highest BCUT2D eigenvalue weighted by Gasteiger charge is 2.19. The summed E-state index contributed by atoms with van der Waals surface area (Å²) in [6.45, 7) is 2.92. The van der Waals surface area contributed by atoms with E-state index in [0.29, 0.717) is 6.61 Å². The number of ether oxygens (including phenoxy) is 1. The van der Waals surface area contributed by atoms with E-state index in [4.69, 9.17) is 4.74 Å². The molecule has 0 aromatic heterocycles. The van der Waals surface area contributed by atoms with Gasteiger partial charge in [-0.2, -0.15) is 0 Å². The van der Waals surface area contributed by atoms with Crippen LogP contribution in [0.15, 0.2) is 60.7 Å². The maximum absolute atomic E-state index is 5.18. The lowest BCUT2D eigenvalue weighted by atomic mass is 9.79. The van der Waals surface area contributed by atoms with Gasteiger partial charge in [-0.25, -0.2) is 0 Å². The van der Waals surface area contributed by atoms with Crippen LogP contribution in [0.2, 0.25) is 0 Å². The molecule has 1 heteroatoms. The van der Waals surface area contributed by atoms with Crippen molar-refractivity contribution in [1.82, 2.24) is 0 Å². The van der Waals surface area contributed by atoms with Gasteiger partial charge in [-0.15, -0.1) is 0 Å². The highest BCUT2D eigenvalue weighted by molar-refractivity contribution is 5.26. The third-order valence-electron chi connectivity index (χ3n) is 6.44. The van der Waals surface area contributed by atoms with E-state index in [-0.39, 0.29) is 0 Å². The molecule has 156 valence electrons. The van der Waals surface area contributed by atoms with E-state index < -0.39 is 0 Å². The second kappa shape index (κ2) is 12.0. The van der Waals surface area contributed by atoms with Crippen LogP contribution >= 0.6 is 0 Å². The lowest BCUT2D eigenvalue weighted by molar-refractivity contribution is 0.185. The molecule has 0 atom stereocenters. The van der Waals surface area contributed by atoms with Gasteiger partial charge in [-0.3, -0.25) is 0 Å². The zero-order valence-corrected chi connectivity index (χ0v) is 18.4. The predicted octanol–water partition coefficient (Wildman–Crippen LogP) is 7.32. The van der Waals surface area contributed by atoms with Crippen LogP contribution in [0.3, 0.4) is 0 Å². The van der Waals surface area contributed by atoms with Crippen molar-refractivity contribution < 1.29 is 4.74 Å². The third kappa shape index (κ3) is 7.48. The molecule has 3 rings (SSSR count). The molecule has 0 spiro atoms. The standard InChI is InChI=1S/C28H38O/c1-3-4-5-23-6-8-24(9-7-23)10-11-25-12-14-26(15-13-25)16-17-27-18-20-28(21-19-27)22-29-2/h4-5,12-15,18-21,23-24H,3,6-11,16-17,22H2,1-2H3/b5-4+/t23-,24-. The molecule has 2 aromatic rings. The molecular formula is C28H38O. The summed E-state index contributed by atoms with van der Waals surface area (Å²) in [5, 5.41) is 0. The zero-order valence-electron chi connectivity index (χ0n) is 18.4. The van der Waals surface area contributed by atoms with E-state index in [1.807, 2.05) is 0 Å². The van der Waals surface area contributed by atoms with E-state index in [9.17, 15) is 0 Å². The number of aryl methyl sites for hydroxylation is 3. The molecule has 1 saturated carbocycles. The lowest BCUT2D eigenvalue weighted by Crippen LogP contribution is -2.13. The fourth-order valence-corrected chi connectivity index (χ4v) is 4.50. The Morgan fingerprint density at radius 2 is 1.28 bits per heavy atom. The van der Waals surface area contributed by atoms with Gasteiger partial charge >= 0.3 is 0 Å². The van der Waals surface area contributed by atoms with Crippen molar-refractivity contribution >= 4 is 0 Å². The quantitative estimate of drug-likeness (QED) is 0.386. The summed E-state index contributed by atoms with van der Waals surface area (Å²) in [6.07, 6.45) is 16.4. The van der Waals surface area contributed by atoms with Crippen LogP contribution in [0.5, 0.6) is 0 Å². The first kappa shape index (κ1) is 21.8. The Morgan fingerprint density at radius 1 is 0.759 bits per heavy atom. The minimum atomic E-state index is 0.694. The number of hydrogen-bond donors (Lipinski definition) is 0. The smallest absolute Gasteiger partial charge is 0.0713 e. The number of rotatable bonds is 10. The lowest BCUT2D eigenvalue weighted by Gasteiger charge is -2.26. The summed E-state index contributed by atoms with van der Waals surface area (Å²) < 4.78 is 5.18. The monoisotopic (exact) mass is 390 g/mol. The van der Waals surface area contributed by atoms with Crippen molar-refractivity contribution in [3.05, 3.63) is 82.9 Å². The molecular weight excluding hydrogens is 352 g/mol. The average Bonchev–Trinajstić information content (AvgIpc) is 2.77. The second-order valence-corrected chi connectivity index (χ2v) is 8.72. The third-order valence-corrected chi connectivity index (χ3v) is 6.44. The second-order valence-electron chi connectivity index (χ2n) is 8.72. The molecule has 2 aromatic carbocycles. The van der Waals surface area contributed by atoms with Crippen LogP contribution in [0.4, 0.5) is 0 Å². The van der Waals surface area contributed by atoms with Crippen molar-refractivity contribution in [1.29, 1.82) is 0 Å². The summed E-state index contributed by atoms with van der Waals surface area (Å²) in [7, 11) is 1.74. The minimum absolute atomic E-state index is 0.694. The summed E-state index contributed by atoms with van der Waals surface area (Å²) >= 11 is 0. The van der Waals surface area contributed by atoms with Gasteiger partial charge in [0.15, 0.2) is 0 Å². The van der Waals surface area contributed by atoms with Gasteiger partial charge in [0.05, 0.1) is 6.61 Å². The Hall–Kier alpha value is -1.86. The Bertz CT molecular complexity index is 718. The van der Waals surface area contributed by atoms with Crippen molar-refractivity contribution in [2.24, 2.45) is 11.8 Å². The van der Waals surface area contributed by atoms with Crippen LogP contribution in [0, 0.1) is 11.8 Å². The molecule has 0 aliphatic heterocycles. The summed E-state index contributed by atoms with van der Waals surface area (Å²) in [4.78, 5) is 0. The highest BCUT2D eigenvalue weighted by Crippen LogP contribution is 2.32. The van der Waals surface area contributed by atoms with Crippen molar-refractivity contribution in [3.8, 4) is 0 Å². The summed E-state index contributed by atoms with van der Waals surface area (Å²) in [6, 6.07) is 18.2. The van der Waals surface area contributed by atoms with Crippen LogP contribution in [-0.4, -0.2) is 7.11 Å². The average molecular weight is 391 g/mol. The van der Waals surface area contributed by atoms with Crippen molar-refractivity contribution in [3.63, 3.8) is 0 Å². The molecule has 1 fully saturated rings. The number of methoxy groups -OCH3 is 1. The van der Waals surface area contributed by atoms with E-state index >= 15 is 0 Å². The zero-order chi connectivity index (χ0) is 20.3. The summed E-state index contributed by atoms with van der Waals surface area (Å²) in [5.74, 6) is 1.78.